The van der Waals surface area contributed by atoms with Crippen LogP contribution in [-0.2, 0) is 13.1 Å². The van der Waals surface area contributed by atoms with Crippen molar-refractivity contribution in [2.24, 2.45) is 0 Å². The van der Waals surface area contributed by atoms with Crippen molar-refractivity contribution in [2.75, 3.05) is 18.0 Å². The summed E-state index contributed by atoms with van der Waals surface area (Å²) < 4.78 is 13.3. The summed E-state index contributed by atoms with van der Waals surface area (Å²) in [4.78, 5) is 25.7. The minimum atomic E-state index is -0.528. The summed E-state index contributed by atoms with van der Waals surface area (Å²) in [5.41, 5.74) is 2.29. The number of carbonyl (C=O) groups excluding carboxylic acids is 1. The van der Waals surface area contributed by atoms with Crippen molar-refractivity contribution >= 4 is 23.3 Å². The van der Waals surface area contributed by atoms with Gasteiger partial charge in [-0.3, -0.25) is 4.79 Å². The number of amides is 1. The molecule has 124 valence electrons. The third kappa shape index (κ3) is 2.51. The summed E-state index contributed by atoms with van der Waals surface area (Å²) in [6.45, 7) is 4.76. The molecule has 0 aliphatic carbocycles. The van der Waals surface area contributed by atoms with Crippen LogP contribution >= 0.6 is 11.6 Å². The van der Waals surface area contributed by atoms with Crippen LogP contribution in [0.3, 0.4) is 0 Å². The first kappa shape index (κ1) is 15.3. The van der Waals surface area contributed by atoms with Crippen LogP contribution in [0.25, 0.3) is 0 Å². The molecule has 3 heterocycles. The minimum absolute atomic E-state index is 0.0468. The molecular weight excluding hydrogens is 331 g/mol. The third-order valence-corrected chi connectivity index (χ3v) is 4.77. The largest absolute Gasteiger partial charge is 0.356 e. The monoisotopic (exact) mass is 346 g/mol. The lowest BCUT2D eigenvalue weighted by molar-refractivity contribution is 0.0750. The van der Waals surface area contributed by atoms with Gasteiger partial charge in [0.25, 0.3) is 5.91 Å². The molecule has 0 saturated carbocycles. The molecule has 24 heavy (non-hydrogen) atoms. The van der Waals surface area contributed by atoms with E-state index in [4.69, 9.17) is 11.6 Å². The Labute approximate surface area is 144 Å². The van der Waals surface area contributed by atoms with Crippen LogP contribution in [0.2, 0.25) is 5.02 Å². The Morgan fingerprint density at radius 3 is 2.71 bits per heavy atom. The van der Waals surface area contributed by atoms with E-state index in [9.17, 15) is 9.18 Å². The molecule has 1 aromatic heterocycles. The van der Waals surface area contributed by atoms with Crippen LogP contribution in [0.1, 0.15) is 33.9 Å². The van der Waals surface area contributed by atoms with Gasteiger partial charge in [0.05, 0.1) is 23.8 Å². The highest BCUT2D eigenvalue weighted by Crippen LogP contribution is 2.32. The Hall–Kier alpha value is -2.21. The molecule has 2 aromatic rings. The van der Waals surface area contributed by atoms with Crippen LogP contribution in [-0.4, -0.2) is 33.9 Å². The van der Waals surface area contributed by atoms with Gasteiger partial charge >= 0.3 is 0 Å². The number of halogens is 2. The van der Waals surface area contributed by atoms with Crippen molar-refractivity contribution in [3.63, 3.8) is 0 Å². The Bertz CT molecular complexity index is 838. The van der Waals surface area contributed by atoms with E-state index in [1.807, 2.05) is 6.92 Å². The van der Waals surface area contributed by atoms with Gasteiger partial charge in [0.2, 0.25) is 0 Å². The molecule has 7 heteroatoms. The predicted octanol–water partition coefficient (Wildman–Crippen LogP) is 2.94. The molecule has 1 fully saturated rings. The van der Waals surface area contributed by atoms with Gasteiger partial charge in [-0.25, -0.2) is 14.4 Å². The molecule has 4 rings (SSSR count). The molecule has 0 N–H and O–H groups in total. The zero-order valence-corrected chi connectivity index (χ0v) is 14.0. The van der Waals surface area contributed by atoms with E-state index in [2.05, 4.69) is 14.9 Å². The van der Waals surface area contributed by atoms with Gasteiger partial charge in [0.1, 0.15) is 17.5 Å². The van der Waals surface area contributed by atoms with Gasteiger partial charge in [-0.2, -0.15) is 0 Å². The number of benzene rings is 1. The highest BCUT2D eigenvalue weighted by atomic mass is 35.5. The molecule has 5 nitrogen and oxygen atoms in total. The summed E-state index contributed by atoms with van der Waals surface area (Å²) in [7, 11) is 0. The summed E-state index contributed by atoms with van der Waals surface area (Å²) in [6.07, 6.45) is 1.16. The fourth-order valence-electron chi connectivity index (χ4n) is 3.10. The number of nitrogens with zero attached hydrogens (tertiary/aromatic N) is 4. The van der Waals surface area contributed by atoms with Crippen LogP contribution < -0.4 is 4.90 Å². The van der Waals surface area contributed by atoms with Crippen molar-refractivity contribution in [2.45, 2.75) is 26.4 Å². The van der Waals surface area contributed by atoms with E-state index in [1.54, 1.807) is 4.90 Å². The van der Waals surface area contributed by atoms with Crippen LogP contribution in [0.5, 0.6) is 0 Å². The first-order valence-corrected chi connectivity index (χ1v) is 8.26. The van der Waals surface area contributed by atoms with Crippen LogP contribution in [0.15, 0.2) is 18.2 Å². The van der Waals surface area contributed by atoms with E-state index >= 15 is 0 Å². The Morgan fingerprint density at radius 1 is 1.25 bits per heavy atom. The second kappa shape index (κ2) is 5.70. The maximum atomic E-state index is 13.3. The Kier molecular flexibility index (Phi) is 3.64. The average molecular weight is 347 g/mol. The molecule has 1 aromatic carbocycles. The summed E-state index contributed by atoms with van der Waals surface area (Å²) >= 11 is 5.79. The van der Waals surface area contributed by atoms with Crippen molar-refractivity contribution in [3.8, 4) is 0 Å². The number of hydrogen-bond donors (Lipinski definition) is 0. The number of fused-ring (bicyclic) bond motifs is 1. The molecule has 0 atom stereocenters. The van der Waals surface area contributed by atoms with Crippen molar-refractivity contribution in [1.82, 2.24) is 14.9 Å². The molecule has 0 spiro atoms. The van der Waals surface area contributed by atoms with Gasteiger partial charge in [-0.05, 0) is 31.5 Å². The van der Waals surface area contributed by atoms with E-state index < -0.39 is 5.82 Å². The number of anilines is 1. The van der Waals surface area contributed by atoms with E-state index in [-0.39, 0.29) is 10.9 Å². The van der Waals surface area contributed by atoms with Gasteiger partial charge in [0.15, 0.2) is 0 Å². The smallest absolute Gasteiger partial charge is 0.254 e. The quantitative estimate of drug-likeness (QED) is 0.839. The van der Waals surface area contributed by atoms with Crippen molar-refractivity contribution < 1.29 is 9.18 Å². The highest BCUT2D eigenvalue weighted by Gasteiger charge is 2.31. The van der Waals surface area contributed by atoms with Gasteiger partial charge in [-0.1, -0.05) is 11.6 Å². The molecule has 0 bridgehead atoms. The molecule has 1 saturated heterocycles. The summed E-state index contributed by atoms with van der Waals surface area (Å²) in [5.74, 6) is 0.951. The second-order valence-corrected chi connectivity index (χ2v) is 6.56. The number of carbonyl (C=O) groups is 1. The van der Waals surface area contributed by atoms with Crippen LogP contribution in [0, 0.1) is 12.7 Å². The zero-order chi connectivity index (χ0) is 16.8. The normalized spacial score (nSPS) is 16.1. The Morgan fingerprint density at radius 2 is 2.04 bits per heavy atom. The first-order valence-electron chi connectivity index (χ1n) is 7.88. The van der Waals surface area contributed by atoms with Gasteiger partial charge < -0.3 is 9.80 Å². The van der Waals surface area contributed by atoms with Gasteiger partial charge in [0, 0.05) is 24.2 Å². The highest BCUT2D eigenvalue weighted by molar-refractivity contribution is 6.31. The zero-order valence-electron chi connectivity index (χ0n) is 13.2. The molecule has 2 aliphatic rings. The summed E-state index contributed by atoms with van der Waals surface area (Å²) in [6, 6.07) is 4.05. The van der Waals surface area contributed by atoms with Crippen molar-refractivity contribution in [3.05, 3.63) is 51.7 Å². The van der Waals surface area contributed by atoms with E-state index in [1.165, 1.54) is 18.2 Å². The van der Waals surface area contributed by atoms with Gasteiger partial charge in [-0.15, -0.1) is 0 Å². The molecule has 0 radical (unpaired) electrons. The topological polar surface area (TPSA) is 49.3 Å². The lowest BCUT2D eigenvalue weighted by Crippen LogP contribution is -2.38. The molecule has 0 unspecified atom stereocenters. The van der Waals surface area contributed by atoms with Crippen molar-refractivity contribution in [1.29, 1.82) is 0 Å². The number of rotatable bonds is 2. The average Bonchev–Trinajstić information content (AvgIpc) is 2.91. The van der Waals surface area contributed by atoms with E-state index in [0.717, 1.165) is 42.4 Å². The standard InChI is InChI=1S/C17H16ClFN4O/c1-10-20-15-9-23(8-12(15)16(21-10)22-5-2-6-22)17(24)11-3-4-14(19)13(18)7-11/h3-4,7H,2,5-6,8-9H2,1H3. The van der Waals surface area contributed by atoms with Crippen LogP contribution in [0.4, 0.5) is 10.2 Å². The lowest BCUT2D eigenvalue weighted by atomic mass is 10.1. The third-order valence-electron chi connectivity index (χ3n) is 4.48. The number of aryl methyl sites for hydroxylation is 1. The minimum Gasteiger partial charge on any atom is -0.356 e. The SMILES string of the molecule is Cc1nc2c(c(N3CCC3)n1)CN(C(=O)c1ccc(F)c(Cl)c1)C2. The predicted molar refractivity (Wildman–Crippen MR) is 88.6 cm³/mol. The maximum Gasteiger partial charge on any atom is 0.254 e. The Balaban J connectivity index is 1.63. The summed E-state index contributed by atoms with van der Waals surface area (Å²) in [5, 5.41) is -0.0468. The molecule has 1 amide bonds. The van der Waals surface area contributed by atoms with E-state index in [0.29, 0.717) is 18.7 Å². The second-order valence-electron chi connectivity index (χ2n) is 6.15. The fraction of sp³-hybridized carbons (Fsp3) is 0.353. The number of hydrogen-bond acceptors (Lipinski definition) is 4. The first-order chi connectivity index (χ1) is 11.5. The maximum absolute atomic E-state index is 13.3. The lowest BCUT2D eigenvalue weighted by Gasteiger charge is -2.33. The fourth-order valence-corrected chi connectivity index (χ4v) is 3.28. The molecule has 2 aliphatic heterocycles. The number of aromatic nitrogens is 2. The molecular formula is C17H16ClFN4O.